The standard InChI is InChI=1S/C35H46N2O5/c1-40-30-16-11-15-28(26-30)14-7-8-17-31-29(20-21-32(41-2)35(31)42-3)23-25-37-34(39)19-10-9-18-33(38)36-24-22-27-12-5-4-6-13-27/h4-6,11-13,15-16,20-21,26H,7-10,14,17-19,22-25H2,1-3H3,(H,36,38)(H,37,39). The minimum absolute atomic E-state index is 0.0137. The molecule has 2 amide bonds. The lowest BCUT2D eigenvalue weighted by Gasteiger charge is -2.17. The van der Waals surface area contributed by atoms with Gasteiger partial charge < -0.3 is 24.8 Å². The van der Waals surface area contributed by atoms with Gasteiger partial charge in [0, 0.05) is 31.5 Å². The summed E-state index contributed by atoms with van der Waals surface area (Å²) >= 11 is 0. The van der Waals surface area contributed by atoms with Crippen LogP contribution in [0.1, 0.15) is 60.8 Å². The summed E-state index contributed by atoms with van der Waals surface area (Å²) in [6.45, 7) is 1.18. The van der Waals surface area contributed by atoms with Crippen molar-refractivity contribution in [2.75, 3.05) is 34.4 Å². The molecular formula is C35H46N2O5. The first-order valence-electron chi connectivity index (χ1n) is 15.0. The smallest absolute Gasteiger partial charge is 0.220 e. The number of carbonyl (C=O) groups excluding carboxylic acids is 2. The quantitative estimate of drug-likeness (QED) is 0.175. The molecule has 7 heteroatoms. The second-order valence-corrected chi connectivity index (χ2v) is 10.4. The molecule has 7 nitrogen and oxygen atoms in total. The lowest BCUT2D eigenvalue weighted by molar-refractivity contribution is -0.123. The molecule has 3 aromatic carbocycles. The Morgan fingerprint density at radius 2 is 1.29 bits per heavy atom. The predicted octanol–water partition coefficient (Wildman–Crippen LogP) is 5.86. The molecule has 0 bridgehead atoms. The molecule has 0 radical (unpaired) electrons. The van der Waals surface area contributed by atoms with E-state index in [2.05, 4.69) is 41.0 Å². The number of hydrogen-bond donors (Lipinski definition) is 2. The number of carbonyl (C=O) groups is 2. The fourth-order valence-electron chi connectivity index (χ4n) is 5.07. The summed E-state index contributed by atoms with van der Waals surface area (Å²) < 4.78 is 16.6. The molecule has 0 spiro atoms. The number of ether oxygens (including phenoxy) is 3. The lowest BCUT2D eigenvalue weighted by Crippen LogP contribution is -2.26. The van der Waals surface area contributed by atoms with Gasteiger partial charge in [-0.15, -0.1) is 0 Å². The second-order valence-electron chi connectivity index (χ2n) is 10.4. The number of rotatable bonds is 19. The third-order valence-corrected chi connectivity index (χ3v) is 7.37. The van der Waals surface area contributed by atoms with Crippen LogP contribution in [0.15, 0.2) is 66.7 Å². The normalized spacial score (nSPS) is 10.6. The van der Waals surface area contributed by atoms with Crippen LogP contribution in [0, 0.1) is 0 Å². The van der Waals surface area contributed by atoms with E-state index >= 15 is 0 Å². The van der Waals surface area contributed by atoms with Crippen LogP contribution in [0.3, 0.4) is 0 Å². The van der Waals surface area contributed by atoms with Crippen LogP contribution < -0.4 is 24.8 Å². The lowest BCUT2D eigenvalue weighted by atomic mass is 9.96. The Kier molecular flexibility index (Phi) is 14.3. The highest BCUT2D eigenvalue weighted by molar-refractivity contribution is 5.77. The highest BCUT2D eigenvalue weighted by atomic mass is 16.5. The van der Waals surface area contributed by atoms with Crippen LogP contribution in [0.2, 0.25) is 0 Å². The van der Waals surface area contributed by atoms with Gasteiger partial charge in [-0.2, -0.15) is 0 Å². The third-order valence-electron chi connectivity index (χ3n) is 7.37. The summed E-state index contributed by atoms with van der Waals surface area (Å²) in [5.41, 5.74) is 4.76. The van der Waals surface area contributed by atoms with Gasteiger partial charge in [-0.25, -0.2) is 0 Å². The Labute approximate surface area is 251 Å². The summed E-state index contributed by atoms with van der Waals surface area (Å²) in [7, 11) is 5.01. The zero-order valence-electron chi connectivity index (χ0n) is 25.4. The van der Waals surface area contributed by atoms with E-state index in [-0.39, 0.29) is 11.8 Å². The summed E-state index contributed by atoms with van der Waals surface area (Å²) in [5.74, 6) is 2.42. The van der Waals surface area contributed by atoms with Gasteiger partial charge in [0.2, 0.25) is 11.8 Å². The largest absolute Gasteiger partial charge is 0.497 e. The Morgan fingerprint density at radius 1 is 0.619 bits per heavy atom. The fraction of sp³-hybridized carbons (Fsp3) is 0.429. The van der Waals surface area contributed by atoms with Crippen molar-refractivity contribution >= 4 is 11.8 Å². The molecule has 3 aromatic rings. The molecule has 0 unspecified atom stereocenters. The number of benzene rings is 3. The molecule has 0 heterocycles. The van der Waals surface area contributed by atoms with Gasteiger partial charge in [-0.3, -0.25) is 9.59 Å². The molecule has 0 aliphatic carbocycles. The first kappa shape index (κ1) is 32.5. The molecule has 0 aliphatic rings. The molecule has 2 N–H and O–H groups in total. The average Bonchev–Trinajstić information content (AvgIpc) is 3.02. The van der Waals surface area contributed by atoms with Crippen molar-refractivity contribution in [3.05, 3.63) is 89.0 Å². The van der Waals surface area contributed by atoms with E-state index in [0.717, 1.165) is 60.5 Å². The van der Waals surface area contributed by atoms with Gasteiger partial charge in [-0.05, 0) is 86.3 Å². The van der Waals surface area contributed by atoms with Gasteiger partial charge in [0.1, 0.15) is 5.75 Å². The van der Waals surface area contributed by atoms with Crippen LogP contribution in [0.25, 0.3) is 0 Å². The topological polar surface area (TPSA) is 85.9 Å². The molecule has 0 aromatic heterocycles. The fourth-order valence-corrected chi connectivity index (χ4v) is 5.07. The number of unbranched alkanes of at least 4 members (excludes halogenated alkanes) is 2. The highest BCUT2D eigenvalue weighted by Gasteiger charge is 2.15. The molecule has 226 valence electrons. The van der Waals surface area contributed by atoms with Crippen LogP contribution in [-0.4, -0.2) is 46.2 Å². The number of methoxy groups -OCH3 is 3. The monoisotopic (exact) mass is 574 g/mol. The molecule has 0 saturated carbocycles. The Bertz CT molecular complexity index is 1250. The van der Waals surface area contributed by atoms with Crippen molar-refractivity contribution in [1.82, 2.24) is 10.6 Å². The van der Waals surface area contributed by atoms with Gasteiger partial charge in [0.15, 0.2) is 11.5 Å². The molecule has 42 heavy (non-hydrogen) atoms. The van der Waals surface area contributed by atoms with E-state index in [1.165, 1.54) is 11.1 Å². The molecular weight excluding hydrogens is 528 g/mol. The zero-order chi connectivity index (χ0) is 30.0. The SMILES string of the molecule is COc1cccc(CCCCc2c(CCNC(=O)CCCCC(=O)NCCc3ccccc3)ccc(OC)c2OC)c1. The molecule has 0 saturated heterocycles. The van der Waals surface area contributed by atoms with Crippen molar-refractivity contribution in [3.63, 3.8) is 0 Å². The van der Waals surface area contributed by atoms with E-state index in [0.29, 0.717) is 45.2 Å². The third kappa shape index (κ3) is 11.1. The molecule has 3 rings (SSSR count). The average molecular weight is 575 g/mol. The van der Waals surface area contributed by atoms with Gasteiger partial charge in [0.25, 0.3) is 0 Å². The summed E-state index contributed by atoms with van der Waals surface area (Å²) in [4.78, 5) is 24.5. The van der Waals surface area contributed by atoms with Gasteiger partial charge in [-0.1, -0.05) is 48.5 Å². The van der Waals surface area contributed by atoms with Crippen LogP contribution in [-0.2, 0) is 35.3 Å². The van der Waals surface area contributed by atoms with E-state index in [1.54, 1.807) is 21.3 Å². The van der Waals surface area contributed by atoms with Gasteiger partial charge in [0.05, 0.1) is 21.3 Å². The number of nitrogens with one attached hydrogen (secondary N) is 2. The number of hydrogen-bond acceptors (Lipinski definition) is 5. The first-order valence-corrected chi connectivity index (χ1v) is 15.0. The van der Waals surface area contributed by atoms with Crippen LogP contribution in [0.5, 0.6) is 17.2 Å². The molecule has 0 fully saturated rings. The Balaban J connectivity index is 1.39. The second kappa shape index (κ2) is 18.4. The van der Waals surface area contributed by atoms with Crippen LogP contribution >= 0.6 is 0 Å². The maximum atomic E-state index is 12.4. The van der Waals surface area contributed by atoms with Crippen molar-refractivity contribution in [2.45, 2.75) is 64.2 Å². The minimum Gasteiger partial charge on any atom is -0.497 e. The summed E-state index contributed by atoms with van der Waals surface area (Å²) in [6.07, 6.45) is 7.64. The number of aryl methyl sites for hydroxylation is 1. The van der Waals surface area contributed by atoms with E-state index in [1.807, 2.05) is 36.4 Å². The Morgan fingerprint density at radius 3 is 1.95 bits per heavy atom. The molecule has 0 atom stereocenters. The van der Waals surface area contributed by atoms with Crippen molar-refractivity contribution in [3.8, 4) is 17.2 Å². The maximum Gasteiger partial charge on any atom is 0.220 e. The Hall–Kier alpha value is -4.00. The minimum atomic E-state index is 0.0137. The van der Waals surface area contributed by atoms with Crippen molar-refractivity contribution in [1.29, 1.82) is 0 Å². The summed E-state index contributed by atoms with van der Waals surface area (Å²) in [6, 6.07) is 22.3. The zero-order valence-corrected chi connectivity index (χ0v) is 25.4. The molecule has 0 aliphatic heterocycles. The van der Waals surface area contributed by atoms with E-state index in [9.17, 15) is 9.59 Å². The maximum absolute atomic E-state index is 12.4. The highest BCUT2D eigenvalue weighted by Crippen LogP contribution is 2.35. The predicted molar refractivity (Wildman–Crippen MR) is 168 cm³/mol. The van der Waals surface area contributed by atoms with Gasteiger partial charge >= 0.3 is 0 Å². The van der Waals surface area contributed by atoms with E-state index in [4.69, 9.17) is 14.2 Å². The van der Waals surface area contributed by atoms with E-state index < -0.39 is 0 Å². The van der Waals surface area contributed by atoms with Crippen molar-refractivity contribution < 1.29 is 23.8 Å². The first-order chi connectivity index (χ1) is 20.5. The number of amides is 2. The van der Waals surface area contributed by atoms with Crippen LogP contribution in [0.4, 0.5) is 0 Å². The van der Waals surface area contributed by atoms with Crippen molar-refractivity contribution in [2.24, 2.45) is 0 Å². The summed E-state index contributed by atoms with van der Waals surface area (Å²) in [5, 5.41) is 6.00.